The molecule has 0 saturated carbocycles. The van der Waals surface area contributed by atoms with Crippen LogP contribution in [0.2, 0.25) is 0 Å². The van der Waals surface area contributed by atoms with Crippen molar-refractivity contribution in [1.29, 1.82) is 0 Å². The maximum absolute atomic E-state index is 11.8. The molecule has 1 aromatic carbocycles. The van der Waals surface area contributed by atoms with E-state index in [0.29, 0.717) is 17.8 Å². The predicted molar refractivity (Wildman–Crippen MR) is 84.1 cm³/mol. The Morgan fingerprint density at radius 1 is 1.24 bits per heavy atom. The number of carbonyl (C=O) groups is 1. The molecule has 0 aliphatic rings. The van der Waals surface area contributed by atoms with Gasteiger partial charge in [0.05, 0.1) is 14.2 Å². The minimum atomic E-state index is -0.0933. The summed E-state index contributed by atoms with van der Waals surface area (Å²) in [7, 11) is 3.27. The molecular weight excluding hydrogens is 288 g/mol. The predicted octanol–water partition coefficient (Wildman–Crippen LogP) is 2.97. The highest BCUT2D eigenvalue weighted by Gasteiger charge is 2.15. The van der Waals surface area contributed by atoms with Crippen LogP contribution in [-0.2, 0) is 11.3 Å². The van der Waals surface area contributed by atoms with E-state index < -0.39 is 0 Å². The summed E-state index contributed by atoms with van der Waals surface area (Å²) < 4.78 is 13.8. The molecule has 0 spiro atoms. The van der Waals surface area contributed by atoms with E-state index in [0.717, 1.165) is 28.1 Å². The molecule has 0 unspecified atom stereocenters. The van der Waals surface area contributed by atoms with Gasteiger partial charge in [0, 0.05) is 13.0 Å². The third-order valence-electron chi connectivity index (χ3n) is 3.19. The van der Waals surface area contributed by atoms with Crippen molar-refractivity contribution in [2.75, 3.05) is 14.2 Å². The van der Waals surface area contributed by atoms with Crippen LogP contribution in [0.4, 0.5) is 0 Å². The Kier molecular flexibility index (Phi) is 5.01. The molecule has 114 valence electrons. The number of aromatic nitrogens is 1. The molecule has 0 fully saturated rings. The second-order valence-corrected chi connectivity index (χ2v) is 5.51. The average molecular weight is 308 g/mol. The van der Waals surface area contributed by atoms with Crippen molar-refractivity contribution in [3.05, 3.63) is 16.9 Å². The van der Waals surface area contributed by atoms with Crippen molar-refractivity contribution in [2.45, 2.75) is 33.2 Å². The number of ether oxygens (including phenoxy) is 2. The molecule has 0 bridgehead atoms. The van der Waals surface area contributed by atoms with Gasteiger partial charge in [-0.05, 0) is 25.5 Å². The Morgan fingerprint density at radius 3 is 2.48 bits per heavy atom. The lowest BCUT2D eigenvalue weighted by atomic mass is 10.3. The molecule has 0 saturated heterocycles. The quantitative estimate of drug-likeness (QED) is 0.853. The van der Waals surface area contributed by atoms with Crippen LogP contribution in [0.5, 0.6) is 11.5 Å². The maximum Gasteiger partial charge on any atom is 0.248 e. The fraction of sp³-hybridized carbons (Fsp3) is 0.467. The molecule has 0 radical (unpaired) electrons. The van der Waals surface area contributed by atoms with Crippen molar-refractivity contribution in [2.24, 2.45) is 4.99 Å². The van der Waals surface area contributed by atoms with Crippen LogP contribution in [-0.4, -0.2) is 24.7 Å². The fourth-order valence-corrected chi connectivity index (χ4v) is 3.43. The number of hydrogen-bond acceptors (Lipinski definition) is 4. The van der Waals surface area contributed by atoms with Crippen LogP contribution in [0, 0.1) is 0 Å². The molecule has 0 aliphatic heterocycles. The summed E-state index contributed by atoms with van der Waals surface area (Å²) >= 11 is 1.45. The van der Waals surface area contributed by atoms with Gasteiger partial charge in [-0.2, -0.15) is 4.99 Å². The van der Waals surface area contributed by atoms with Gasteiger partial charge >= 0.3 is 0 Å². The molecule has 5 nitrogen and oxygen atoms in total. The molecule has 0 aliphatic carbocycles. The van der Waals surface area contributed by atoms with Gasteiger partial charge in [-0.25, -0.2) is 0 Å². The van der Waals surface area contributed by atoms with Crippen LogP contribution in [0.15, 0.2) is 17.1 Å². The second-order valence-electron chi connectivity index (χ2n) is 4.53. The first-order valence-electron chi connectivity index (χ1n) is 6.98. The number of nitrogens with zero attached hydrogens (tertiary/aromatic N) is 2. The molecular formula is C15H20N2O3S. The van der Waals surface area contributed by atoms with E-state index in [-0.39, 0.29) is 5.91 Å². The van der Waals surface area contributed by atoms with Gasteiger partial charge in [0.25, 0.3) is 0 Å². The number of rotatable bonds is 5. The average Bonchev–Trinajstić information content (AvgIpc) is 2.84. The molecule has 6 heteroatoms. The summed E-state index contributed by atoms with van der Waals surface area (Å²) in [5.74, 6) is 1.43. The van der Waals surface area contributed by atoms with Crippen molar-refractivity contribution in [3.63, 3.8) is 0 Å². The van der Waals surface area contributed by atoms with E-state index in [4.69, 9.17) is 9.47 Å². The highest BCUT2D eigenvalue weighted by Crippen LogP contribution is 2.35. The Hall–Kier alpha value is -1.82. The van der Waals surface area contributed by atoms with Crippen molar-refractivity contribution in [3.8, 4) is 11.5 Å². The van der Waals surface area contributed by atoms with Crippen LogP contribution in [0.25, 0.3) is 10.2 Å². The summed E-state index contributed by atoms with van der Waals surface area (Å²) in [5.41, 5.74) is 0.924. The minimum absolute atomic E-state index is 0.0933. The molecule has 0 N–H and O–H groups in total. The second kappa shape index (κ2) is 6.76. The van der Waals surface area contributed by atoms with E-state index in [1.54, 1.807) is 14.2 Å². The van der Waals surface area contributed by atoms with Gasteiger partial charge in [0.1, 0.15) is 21.7 Å². The molecule has 1 aromatic heterocycles. The number of benzene rings is 1. The van der Waals surface area contributed by atoms with Crippen LogP contribution >= 0.6 is 11.3 Å². The molecule has 21 heavy (non-hydrogen) atoms. The highest BCUT2D eigenvalue weighted by atomic mass is 32.1. The van der Waals surface area contributed by atoms with Gasteiger partial charge < -0.3 is 14.0 Å². The minimum Gasteiger partial charge on any atom is -0.495 e. The molecule has 1 heterocycles. The zero-order chi connectivity index (χ0) is 15.4. The first-order chi connectivity index (χ1) is 10.2. The van der Waals surface area contributed by atoms with Crippen LogP contribution in [0.3, 0.4) is 0 Å². The zero-order valence-electron chi connectivity index (χ0n) is 12.8. The molecule has 0 atom stereocenters. The SMILES string of the molecule is CCCC(=O)N=c1sc2c(OC)ccc(OC)c2n1CC. The van der Waals surface area contributed by atoms with E-state index in [1.807, 2.05) is 30.5 Å². The third-order valence-corrected chi connectivity index (χ3v) is 4.29. The number of methoxy groups -OCH3 is 2. The smallest absolute Gasteiger partial charge is 0.248 e. The monoisotopic (exact) mass is 308 g/mol. The van der Waals surface area contributed by atoms with E-state index in [1.165, 1.54) is 11.3 Å². The highest BCUT2D eigenvalue weighted by molar-refractivity contribution is 7.16. The van der Waals surface area contributed by atoms with Gasteiger partial charge in [-0.1, -0.05) is 18.3 Å². The Bertz CT molecular complexity index is 716. The number of amides is 1. The van der Waals surface area contributed by atoms with Gasteiger partial charge in [0.15, 0.2) is 4.80 Å². The summed E-state index contributed by atoms with van der Waals surface area (Å²) in [5, 5.41) is 0. The number of fused-ring (bicyclic) bond motifs is 1. The third kappa shape index (κ3) is 2.95. The Morgan fingerprint density at radius 2 is 1.90 bits per heavy atom. The van der Waals surface area contributed by atoms with Crippen LogP contribution < -0.4 is 14.3 Å². The first kappa shape index (κ1) is 15.6. The Balaban J connectivity index is 2.76. The fourth-order valence-electron chi connectivity index (χ4n) is 2.21. The largest absolute Gasteiger partial charge is 0.495 e. The summed E-state index contributed by atoms with van der Waals surface area (Å²) in [4.78, 5) is 16.8. The van der Waals surface area contributed by atoms with E-state index in [2.05, 4.69) is 4.99 Å². The van der Waals surface area contributed by atoms with Crippen molar-refractivity contribution in [1.82, 2.24) is 4.57 Å². The first-order valence-corrected chi connectivity index (χ1v) is 7.79. The number of thiazole rings is 1. The topological polar surface area (TPSA) is 52.8 Å². The van der Waals surface area contributed by atoms with E-state index in [9.17, 15) is 4.79 Å². The number of hydrogen-bond donors (Lipinski definition) is 0. The number of carbonyl (C=O) groups excluding carboxylic acids is 1. The lowest BCUT2D eigenvalue weighted by molar-refractivity contribution is -0.118. The summed E-state index contributed by atoms with van der Waals surface area (Å²) in [6, 6.07) is 3.74. The summed E-state index contributed by atoms with van der Waals surface area (Å²) in [6.07, 6.45) is 1.26. The standard InChI is InChI=1S/C15H20N2O3S/c1-5-7-12(18)16-15-17(6-2)13-10(19-3)8-9-11(20-4)14(13)21-15/h8-9H,5-7H2,1-4H3. The molecule has 1 amide bonds. The summed E-state index contributed by atoms with van der Waals surface area (Å²) in [6.45, 7) is 4.70. The van der Waals surface area contributed by atoms with Crippen molar-refractivity contribution < 1.29 is 14.3 Å². The normalized spacial score (nSPS) is 11.9. The van der Waals surface area contributed by atoms with Gasteiger partial charge in [0.2, 0.25) is 5.91 Å². The van der Waals surface area contributed by atoms with E-state index >= 15 is 0 Å². The molecule has 2 aromatic rings. The maximum atomic E-state index is 11.8. The Labute approximate surface area is 127 Å². The van der Waals surface area contributed by atoms with Gasteiger partial charge in [-0.3, -0.25) is 4.79 Å². The lowest BCUT2D eigenvalue weighted by Gasteiger charge is -2.08. The molecule has 2 rings (SSSR count). The van der Waals surface area contributed by atoms with Gasteiger partial charge in [-0.15, -0.1) is 0 Å². The van der Waals surface area contributed by atoms with Crippen molar-refractivity contribution >= 4 is 27.5 Å². The zero-order valence-corrected chi connectivity index (χ0v) is 13.6. The number of aryl methyl sites for hydroxylation is 1. The van der Waals surface area contributed by atoms with Crippen LogP contribution in [0.1, 0.15) is 26.7 Å². The lowest BCUT2D eigenvalue weighted by Crippen LogP contribution is -2.16.